The van der Waals surface area contributed by atoms with Crippen LogP contribution in [0.3, 0.4) is 0 Å². The molecule has 1 amide bonds. The molecule has 0 fully saturated rings. The van der Waals surface area contributed by atoms with Gasteiger partial charge in [0, 0.05) is 6.20 Å². The summed E-state index contributed by atoms with van der Waals surface area (Å²) in [5, 5.41) is 13.6. The van der Waals surface area contributed by atoms with Crippen LogP contribution < -0.4 is 5.32 Å². The first-order valence-electron chi connectivity index (χ1n) is 4.06. The first-order valence-corrected chi connectivity index (χ1v) is 4.06. The zero-order valence-corrected chi connectivity index (χ0v) is 7.98. The van der Waals surface area contributed by atoms with Crippen molar-refractivity contribution in [2.24, 2.45) is 5.16 Å². The summed E-state index contributed by atoms with van der Waals surface area (Å²) in [6.07, 6.45) is 1.59. The Morgan fingerprint density at radius 2 is 2.36 bits per heavy atom. The van der Waals surface area contributed by atoms with Gasteiger partial charge in [0.15, 0.2) is 0 Å². The zero-order chi connectivity index (χ0) is 10.6. The van der Waals surface area contributed by atoms with Crippen molar-refractivity contribution in [3.05, 3.63) is 23.9 Å². The zero-order valence-electron chi connectivity index (χ0n) is 7.98. The van der Waals surface area contributed by atoms with Crippen LogP contribution in [0, 0.1) is 6.92 Å². The molecular formula is C9H11N3O2. The third kappa shape index (κ3) is 2.55. The number of rotatable bonds is 2. The van der Waals surface area contributed by atoms with Crippen molar-refractivity contribution in [1.29, 1.82) is 0 Å². The van der Waals surface area contributed by atoms with Gasteiger partial charge in [0.1, 0.15) is 11.5 Å². The van der Waals surface area contributed by atoms with E-state index in [1.165, 1.54) is 6.92 Å². The average Bonchev–Trinajstić information content (AvgIpc) is 2.16. The molecule has 0 saturated heterocycles. The first-order chi connectivity index (χ1) is 6.63. The Kier molecular flexibility index (Phi) is 3.17. The second kappa shape index (κ2) is 4.36. The van der Waals surface area contributed by atoms with Crippen molar-refractivity contribution in [1.82, 2.24) is 4.98 Å². The molecule has 1 heterocycles. The Labute approximate surface area is 81.5 Å². The van der Waals surface area contributed by atoms with Gasteiger partial charge in [-0.2, -0.15) is 0 Å². The summed E-state index contributed by atoms with van der Waals surface area (Å²) < 4.78 is 0. The number of aromatic nitrogens is 1. The molecule has 0 aliphatic heterocycles. The molecule has 5 nitrogen and oxygen atoms in total. The van der Waals surface area contributed by atoms with Gasteiger partial charge < -0.3 is 10.5 Å². The number of carbonyl (C=O) groups is 1. The molecule has 1 rings (SSSR count). The van der Waals surface area contributed by atoms with Crippen LogP contribution in [0.25, 0.3) is 0 Å². The molecule has 0 radical (unpaired) electrons. The van der Waals surface area contributed by atoms with Crippen LogP contribution in [0.15, 0.2) is 23.5 Å². The lowest BCUT2D eigenvalue weighted by molar-refractivity contribution is -0.110. The fourth-order valence-electron chi connectivity index (χ4n) is 0.857. The number of carbonyl (C=O) groups excluding carboxylic acids is 1. The molecule has 74 valence electrons. The van der Waals surface area contributed by atoms with Gasteiger partial charge in [-0.15, -0.1) is 0 Å². The summed E-state index contributed by atoms with van der Waals surface area (Å²) in [5.41, 5.74) is 0.988. The van der Waals surface area contributed by atoms with Crippen molar-refractivity contribution in [2.75, 3.05) is 5.32 Å². The summed E-state index contributed by atoms with van der Waals surface area (Å²) in [7, 11) is 0. The maximum Gasteiger partial charge on any atom is 0.274 e. The molecule has 0 atom stereocenters. The fourth-order valence-corrected chi connectivity index (χ4v) is 0.857. The van der Waals surface area contributed by atoms with Gasteiger partial charge in [0.2, 0.25) is 0 Å². The van der Waals surface area contributed by atoms with Gasteiger partial charge in [-0.25, -0.2) is 4.98 Å². The lowest BCUT2D eigenvalue weighted by Gasteiger charge is -2.02. The van der Waals surface area contributed by atoms with E-state index in [0.717, 1.165) is 5.56 Å². The Hall–Kier alpha value is -1.91. The normalized spacial score (nSPS) is 11.1. The molecule has 0 bridgehead atoms. The predicted octanol–water partition coefficient (Wildman–Crippen LogP) is 1.18. The number of amides is 1. The maximum absolute atomic E-state index is 11.2. The number of oxime groups is 1. The molecule has 0 spiro atoms. The second-order valence-electron chi connectivity index (χ2n) is 2.86. The van der Waals surface area contributed by atoms with Crippen molar-refractivity contribution >= 4 is 17.4 Å². The molecule has 1 aromatic rings. The minimum absolute atomic E-state index is 0.00620. The number of hydrogen-bond donors (Lipinski definition) is 2. The number of anilines is 1. The van der Waals surface area contributed by atoms with E-state index in [4.69, 9.17) is 5.21 Å². The molecule has 0 saturated carbocycles. The molecular weight excluding hydrogens is 182 g/mol. The lowest BCUT2D eigenvalue weighted by Crippen LogP contribution is -2.20. The summed E-state index contributed by atoms with van der Waals surface area (Å²) >= 11 is 0. The molecule has 0 unspecified atom stereocenters. The van der Waals surface area contributed by atoms with Gasteiger partial charge in [-0.3, -0.25) is 4.79 Å². The van der Waals surface area contributed by atoms with Crippen molar-refractivity contribution in [3.63, 3.8) is 0 Å². The monoisotopic (exact) mass is 193 g/mol. The van der Waals surface area contributed by atoms with E-state index >= 15 is 0 Å². The summed E-state index contributed by atoms with van der Waals surface area (Å²) in [5.74, 6) is -0.0244. The van der Waals surface area contributed by atoms with E-state index in [2.05, 4.69) is 15.5 Å². The first kappa shape index (κ1) is 10.2. The van der Waals surface area contributed by atoms with Crippen molar-refractivity contribution < 1.29 is 10.0 Å². The topological polar surface area (TPSA) is 74.6 Å². The SMILES string of the molecule is C/C(=N\O)C(=O)Nc1cc(C)ccn1. The fraction of sp³-hybridized carbons (Fsp3) is 0.222. The standard InChI is InChI=1S/C9H11N3O2/c1-6-3-4-10-8(5-6)11-9(13)7(2)12-14/h3-5,14H,1-2H3,(H,10,11,13)/b12-7+. The highest BCUT2D eigenvalue weighted by Crippen LogP contribution is 2.04. The quantitative estimate of drug-likeness (QED) is 0.420. The molecule has 0 aromatic carbocycles. The summed E-state index contributed by atoms with van der Waals surface area (Å²) in [6, 6.07) is 3.55. The van der Waals surface area contributed by atoms with E-state index in [9.17, 15) is 4.79 Å². The molecule has 2 N–H and O–H groups in total. The smallest absolute Gasteiger partial charge is 0.274 e. The number of nitrogens with zero attached hydrogens (tertiary/aromatic N) is 2. The highest BCUT2D eigenvalue weighted by atomic mass is 16.4. The van der Waals surface area contributed by atoms with Crippen LogP contribution in [0.1, 0.15) is 12.5 Å². The molecule has 14 heavy (non-hydrogen) atoms. The van der Waals surface area contributed by atoms with Gasteiger partial charge >= 0.3 is 0 Å². The van der Waals surface area contributed by atoms with Crippen LogP contribution in [-0.4, -0.2) is 21.8 Å². The number of pyridine rings is 1. The predicted molar refractivity (Wildman–Crippen MR) is 52.5 cm³/mol. The van der Waals surface area contributed by atoms with Crippen LogP contribution >= 0.6 is 0 Å². The van der Waals surface area contributed by atoms with E-state index in [-0.39, 0.29) is 5.71 Å². The van der Waals surface area contributed by atoms with Gasteiger partial charge in [-0.1, -0.05) is 5.16 Å². The third-order valence-electron chi connectivity index (χ3n) is 1.64. The Balaban J connectivity index is 2.75. The highest BCUT2D eigenvalue weighted by Gasteiger charge is 2.06. The van der Waals surface area contributed by atoms with E-state index < -0.39 is 5.91 Å². The van der Waals surface area contributed by atoms with Gasteiger partial charge in [-0.05, 0) is 31.5 Å². The lowest BCUT2D eigenvalue weighted by atomic mass is 10.3. The summed E-state index contributed by atoms with van der Waals surface area (Å²) in [6.45, 7) is 3.30. The minimum atomic E-state index is -0.467. The summed E-state index contributed by atoms with van der Waals surface area (Å²) in [4.78, 5) is 15.1. The van der Waals surface area contributed by atoms with Crippen LogP contribution in [0.2, 0.25) is 0 Å². The number of hydrogen-bond acceptors (Lipinski definition) is 4. The molecule has 0 aliphatic carbocycles. The maximum atomic E-state index is 11.2. The Morgan fingerprint density at radius 3 is 2.93 bits per heavy atom. The molecule has 5 heteroatoms. The minimum Gasteiger partial charge on any atom is -0.410 e. The van der Waals surface area contributed by atoms with Crippen molar-refractivity contribution in [3.8, 4) is 0 Å². The van der Waals surface area contributed by atoms with Gasteiger partial charge in [0.05, 0.1) is 0 Å². The Bertz CT molecular complexity index is 374. The van der Waals surface area contributed by atoms with Crippen molar-refractivity contribution in [2.45, 2.75) is 13.8 Å². The molecule has 1 aromatic heterocycles. The Morgan fingerprint density at radius 1 is 1.64 bits per heavy atom. The highest BCUT2D eigenvalue weighted by molar-refractivity contribution is 6.41. The van der Waals surface area contributed by atoms with E-state index in [0.29, 0.717) is 5.82 Å². The van der Waals surface area contributed by atoms with E-state index in [1.54, 1.807) is 12.3 Å². The van der Waals surface area contributed by atoms with Crippen LogP contribution in [0.4, 0.5) is 5.82 Å². The van der Waals surface area contributed by atoms with Gasteiger partial charge in [0.25, 0.3) is 5.91 Å². The van der Waals surface area contributed by atoms with Crippen LogP contribution in [-0.2, 0) is 4.79 Å². The molecule has 0 aliphatic rings. The second-order valence-corrected chi connectivity index (χ2v) is 2.86. The average molecular weight is 193 g/mol. The van der Waals surface area contributed by atoms with E-state index in [1.807, 2.05) is 13.0 Å². The van der Waals surface area contributed by atoms with Crippen LogP contribution in [0.5, 0.6) is 0 Å². The number of aryl methyl sites for hydroxylation is 1. The largest absolute Gasteiger partial charge is 0.410 e. The third-order valence-corrected chi connectivity index (χ3v) is 1.64. The number of nitrogens with one attached hydrogen (secondary N) is 1.